The molecule has 6 nitrogen and oxygen atoms in total. The Balaban J connectivity index is 4.55. The van der Waals surface area contributed by atoms with Crippen LogP contribution in [0, 0.1) is 0 Å². The summed E-state index contributed by atoms with van der Waals surface area (Å²) in [5, 5.41) is 0. The number of hydrogen-bond acceptors (Lipinski definition) is 6. The van der Waals surface area contributed by atoms with E-state index in [1.54, 1.807) is 0 Å². The maximum atomic E-state index is 12.7. The molecule has 0 aromatic heterocycles. The first-order chi connectivity index (χ1) is 29.5. The second kappa shape index (κ2) is 47.5. The fourth-order valence-electron chi connectivity index (χ4n) is 5.81. The SMILES string of the molecule is CC\C=C/C=C\C=C/CCCCCCCC(=O)OC(COC(=O)CCC/C=C\C/C=C\C/C=C\C/C=C\C/C=C\CC)COC(=O)CCCCCCC/C=C\C/C=C\CC. The van der Waals surface area contributed by atoms with Gasteiger partial charge in [0.15, 0.2) is 6.10 Å². The molecule has 0 fully saturated rings. The van der Waals surface area contributed by atoms with E-state index in [1.807, 2.05) is 6.08 Å². The van der Waals surface area contributed by atoms with Crippen molar-refractivity contribution in [3.05, 3.63) is 122 Å². The fraction of sp³-hybridized carbons (Fsp3) is 0.574. The summed E-state index contributed by atoms with van der Waals surface area (Å²) < 4.78 is 16.7. The fourth-order valence-corrected chi connectivity index (χ4v) is 5.81. The largest absolute Gasteiger partial charge is 0.462 e. The molecule has 0 aromatic carbocycles. The third kappa shape index (κ3) is 44.9. The van der Waals surface area contributed by atoms with Crippen LogP contribution in [0.2, 0.25) is 0 Å². The van der Waals surface area contributed by atoms with Crippen LogP contribution in [0.1, 0.15) is 181 Å². The lowest BCUT2D eigenvalue weighted by Gasteiger charge is -2.18. The van der Waals surface area contributed by atoms with Crippen LogP contribution in [-0.2, 0) is 28.6 Å². The summed E-state index contributed by atoms with van der Waals surface area (Å²) in [5.41, 5.74) is 0. The van der Waals surface area contributed by atoms with Gasteiger partial charge < -0.3 is 14.2 Å². The standard InChI is InChI=1S/C54H84O6/c1-4-7-10-13-16-19-22-25-26-27-28-30-32-35-38-41-44-47-53(56)59-50-51(49-58-52(55)46-43-40-37-34-31-24-21-18-15-12-9-6-3)60-54(57)48-45-42-39-36-33-29-23-20-17-14-11-8-5-2/h7-12,14,16-21,23,25-26,28,30,35,38,51H,4-6,13,15,22,24,27,29,31-34,36-37,39-50H2,1-3H3/b10-7-,11-8-,12-9-,17-14-,19-16-,21-18-,23-20-,26-25-,30-28-,38-35-. The van der Waals surface area contributed by atoms with Gasteiger partial charge in [0, 0.05) is 19.3 Å². The molecule has 0 amide bonds. The molecule has 0 heterocycles. The maximum Gasteiger partial charge on any atom is 0.306 e. The molecule has 1 unspecified atom stereocenters. The lowest BCUT2D eigenvalue weighted by atomic mass is 10.1. The van der Waals surface area contributed by atoms with Gasteiger partial charge in [-0.15, -0.1) is 0 Å². The smallest absolute Gasteiger partial charge is 0.306 e. The number of carbonyl (C=O) groups is 3. The third-order valence-corrected chi connectivity index (χ3v) is 9.25. The maximum absolute atomic E-state index is 12.7. The highest BCUT2D eigenvalue weighted by molar-refractivity contribution is 5.71. The molecule has 0 N–H and O–H groups in total. The minimum absolute atomic E-state index is 0.116. The average Bonchev–Trinajstić information content (AvgIpc) is 3.24. The lowest BCUT2D eigenvalue weighted by molar-refractivity contribution is -0.167. The summed E-state index contributed by atoms with van der Waals surface area (Å²) in [7, 11) is 0. The van der Waals surface area contributed by atoms with Gasteiger partial charge in [-0.05, 0) is 103 Å². The Morgan fingerprint density at radius 1 is 0.350 bits per heavy atom. The first-order valence-electron chi connectivity index (χ1n) is 23.6. The van der Waals surface area contributed by atoms with E-state index in [4.69, 9.17) is 14.2 Å². The van der Waals surface area contributed by atoms with Gasteiger partial charge >= 0.3 is 17.9 Å². The van der Waals surface area contributed by atoms with E-state index in [2.05, 4.69) is 136 Å². The summed E-state index contributed by atoms with van der Waals surface area (Å²) in [5.74, 6) is -1.02. The quantitative estimate of drug-likeness (QED) is 0.0201. The molecule has 0 saturated heterocycles. The van der Waals surface area contributed by atoms with Gasteiger partial charge in [-0.2, -0.15) is 0 Å². The molecule has 336 valence electrons. The minimum atomic E-state index is -0.819. The number of rotatable bonds is 40. The van der Waals surface area contributed by atoms with Crippen LogP contribution in [0.4, 0.5) is 0 Å². The van der Waals surface area contributed by atoms with E-state index in [9.17, 15) is 14.4 Å². The lowest BCUT2D eigenvalue weighted by Crippen LogP contribution is -2.30. The van der Waals surface area contributed by atoms with Gasteiger partial charge in [0.25, 0.3) is 0 Å². The Labute approximate surface area is 367 Å². The number of hydrogen-bond donors (Lipinski definition) is 0. The van der Waals surface area contributed by atoms with Crippen LogP contribution in [-0.4, -0.2) is 37.2 Å². The zero-order chi connectivity index (χ0) is 43.7. The molecule has 0 aromatic rings. The molecule has 0 rings (SSSR count). The molecule has 0 aliphatic rings. The third-order valence-electron chi connectivity index (χ3n) is 9.25. The Hall–Kier alpha value is -4.19. The van der Waals surface area contributed by atoms with Crippen molar-refractivity contribution in [1.82, 2.24) is 0 Å². The summed E-state index contributed by atoms with van der Waals surface area (Å²) >= 11 is 0. The van der Waals surface area contributed by atoms with Crippen LogP contribution in [0.5, 0.6) is 0 Å². The normalized spacial score (nSPS) is 13.2. The van der Waals surface area contributed by atoms with E-state index in [1.165, 1.54) is 0 Å². The molecule has 1 atom stereocenters. The first-order valence-corrected chi connectivity index (χ1v) is 23.6. The van der Waals surface area contributed by atoms with Crippen molar-refractivity contribution >= 4 is 17.9 Å². The number of esters is 3. The summed E-state index contributed by atoms with van der Waals surface area (Å²) in [4.78, 5) is 37.8. The highest BCUT2D eigenvalue weighted by atomic mass is 16.6. The van der Waals surface area contributed by atoms with Crippen LogP contribution in [0.15, 0.2) is 122 Å². The zero-order valence-electron chi connectivity index (χ0n) is 38.2. The molecular weight excluding hydrogens is 745 g/mol. The molecule has 0 saturated carbocycles. The van der Waals surface area contributed by atoms with Gasteiger partial charge in [-0.3, -0.25) is 14.4 Å². The van der Waals surface area contributed by atoms with E-state index in [0.717, 1.165) is 135 Å². The molecule has 6 heteroatoms. The van der Waals surface area contributed by atoms with Gasteiger partial charge in [-0.1, -0.05) is 181 Å². The summed E-state index contributed by atoms with van der Waals surface area (Å²) in [6.45, 7) is 6.17. The molecule has 0 bridgehead atoms. The highest BCUT2D eigenvalue weighted by Crippen LogP contribution is 2.12. The van der Waals surface area contributed by atoms with E-state index in [0.29, 0.717) is 12.8 Å². The van der Waals surface area contributed by atoms with Gasteiger partial charge in [0.05, 0.1) is 0 Å². The molecular formula is C54H84O6. The number of ether oxygens (including phenoxy) is 3. The second-order valence-electron chi connectivity index (χ2n) is 14.9. The predicted molar refractivity (Wildman–Crippen MR) is 256 cm³/mol. The van der Waals surface area contributed by atoms with Crippen LogP contribution in [0.3, 0.4) is 0 Å². The minimum Gasteiger partial charge on any atom is -0.462 e. The van der Waals surface area contributed by atoms with Crippen LogP contribution >= 0.6 is 0 Å². The van der Waals surface area contributed by atoms with Gasteiger partial charge in [0.2, 0.25) is 0 Å². The van der Waals surface area contributed by atoms with Crippen molar-refractivity contribution in [1.29, 1.82) is 0 Å². The average molecular weight is 829 g/mol. The van der Waals surface area contributed by atoms with E-state index in [-0.39, 0.29) is 44.0 Å². The van der Waals surface area contributed by atoms with Crippen LogP contribution in [0.25, 0.3) is 0 Å². The Bertz CT molecular complexity index is 1320. The number of carbonyl (C=O) groups excluding carboxylic acids is 3. The molecule has 0 aliphatic heterocycles. The van der Waals surface area contributed by atoms with Crippen molar-refractivity contribution in [3.63, 3.8) is 0 Å². The van der Waals surface area contributed by atoms with Crippen LogP contribution < -0.4 is 0 Å². The monoisotopic (exact) mass is 829 g/mol. The van der Waals surface area contributed by atoms with E-state index < -0.39 is 6.10 Å². The van der Waals surface area contributed by atoms with Crippen molar-refractivity contribution in [3.8, 4) is 0 Å². The van der Waals surface area contributed by atoms with Gasteiger partial charge in [-0.25, -0.2) is 0 Å². The summed E-state index contributed by atoms with van der Waals surface area (Å²) in [6, 6.07) is 0. The zero-order valence-corrected chi connectivity index (χ0v) is 38.2. The topological polar surface area (TPSA) is 78.9 Å². The van der Waals surface area contributed by atoms with E-state index >= 15 is 0 Å². The molecule has 0 radical (unpaired) electrons. The van der Waals surface area contributed by atoms with Crippen molar-refractivity contribution < 1.29 is 28.6 Å². The summed E-state index contributed by atoms with van der Waals surface area (Å²) in [6.07, 6.45) is 64.7. The number of allylic oxidation sites excluding steroid dienone is 20. The van der Waals surface area contributed by atoms with Gasteiger partial charge in [0.1, 0.15) is 13.2 Å². The number of unbranched alkanes of at least 4 members (excludes halogenated alkanes) is 11. The predicted octanol–water partition coefficient (Wildman–Crippen LogP) is 15.4. The van der Waals surface area contributed by atoms with Crippen molar-refractivity contribution in [2.45, 2.75) is 187 Å². The molecule has 0 spiro atoms. The molecule has 60 heavy (non-hydrogen) atoms. The second-order valence-corrected chi connectivity index (χ2v) is 14.9. The Morgan fingerprint density at radius 3 is 1.18 bits per heavy atom. The molecule has 0 aliphatic carbocycles. The van der Waals surface area contributed by atoms with Crippen molar-refractivity contribution in [2.75, 3.05) is 13.2 Å². The first kappa shape index (κ1) is 55.8. The highest BCUT2D eigenvalue weighted by Gasteiger charge is 2.19. The Kier molecular flexibility index (Phi) is 44.2. The van der Waals surface area contributed by atoms with Crippen molar-refractivity contribution in [2.24, 2.45) is 0 Å². The Morgan fingerprint density at radius 2 is 0.700 bits per heavy atom.